The molecule has 0 spiro atoms. The van der Waals surface area contributed by atoms with Crippen LogP contribution in [0.1, 0.15) is 11.1 Å². The van der Waals surface area contributed by atoms with Crippen LogP contribution in [0.5, 0.6) is 34.5 Å². The molecule has 0 N–H and O–H groups in total. The first-order chi connectivity index (χ1) is 18.1. The number of para-hydroxylation sites is 4. The van der Waals surface area contributed by atoms with Crippen molar-refractivity contribution in [2.75, 3.05) is 4.90 Å². The van der Waals surface area contributed by atoms with Crippen molar-refractivity contribution in [1.29, 1.82) is 0 Å². The maximum atomic E-state index is 6.59. The molecule has 0 bridgehead atoms. The van der Waals surface area contributed by atoms with Crippen LogP contribution in [0.15, 0.2) is 97.1 Å². The van der Waals surface area contributed by atoms with E-state index in [1.165, 1.54) is 22.1 Å². The van der Waals surface area contributed by atoms with Crippen LogP contribution in [0, 0.1) is 13.8 Å². The van der Waals surface area contributed by atoms with E-state index in [0.29, 0.717) is 0 Å². The minimum absolute atomic E-state index is 0.0515. The van der Waals surface area contributed by atoms with Gasteiger partial charge in [0.1, 0.15) is 23.0 Å². The van der Waals surface area contributed by atoms with Crippen molar-refractivity contribution in [2.24, 2.45) is 0 Å². The first-order valence-electron chi connectivity index (χ1n) is 12.5. The van der Waals surface area contributed by atoms with Gasteiger partial charge in [-0.2, -0.15) is 0 Å². The van der Waals surface area contributed by atoms with Gasteiger partial charge < -0.3 is 19.1 Å². The van der Waals surface area contributed by atoms with E-state index >= 15 is 0 Å². The molecule has 37 heavy (non-hydrogen) atoms. The molecule has 0 fully saturated rings. The molecule has 0 amide bonds. The summed E-state index contributed by atoms with van der Waals surface area (Å²) in [5.41, 5.74) is 8.78. The maximum Gasteiger partial charge on any atom is 0.260 e. The Labute approximate surface area is 215 Å². The fourth-order valence-electron chi connectivity index (χ4n) is 5.84. The average molecular weight is 479 g/mol. The lowest BCUT2D eigenvalue weighted by atomic mass is 9.34. The molecule has 5 aromatic rings. The van der Waals surface area contributed by atoms with Gasteiger partial charge >= 0.3 is 0 Å². The van der Waals surface area contributed by atoms with Gasteiger partial charge in [0.2, 0.25) is 0 Å². The third-order valence-electron chi connectivity index (χ3n) is 7.46. The maximum absolute atomic E-state index is 6.59. The third-order valence-corrected chi connectivity index (χ3v) is 7.46. The van der Waals surface area contributed by atoms with Crippen molar-refractivity contribution >= 4 is 40.2 Å². The molecule has 0 saturated heterocycles. The summed E-state index contributed by atoms with van der Waals surface area (Å²) in [4.78, 5) is 2.22. The molecule has 5 aromatic carbocycles. The summed E-state index contributed by atoms with van der Waals surface area (Å²) in [5, 5.41) is 0. The largest absolute Gasteiger partial charge is 0.458 e. The lowest BCUT2D eigenvalue weighted by Gasteiger charge is -2.36. The lowest BCUT2D eigenvalue weighted by molar-refractivity contribution is 0.463. The second-order valence-electron chi connectivity index (χ2n) is 9.95. The summed E-state index contributed by atoms with van der Waals surface area (Å²) in [6.45, 7) is 4.31. The van der Waals surface area contributed by atoms with Gasteiger partial charge in [-0.15, -0.1) is 0 Å². The molecule has 0 radical (unpaired) electrons. The first kappa shape index (κ1) is 20.5. The summed E-state index contributed by atoms with van der Waals surface area (Å²) >= 11 is 0. The van der Waals surface area contributed by atoms with Crippen LogP contribution in [0.4, 0.5) is 17.1 Å². The zero-order chi connectivity index (χ0) is 24.7. The monoisotopic (exact) mass is 479 g/mol. The Bertz CT molecular complexity index is 1640. The number of nitrogens with zero attached hydrogens (tertiary/aromatic N) is 1. The van der Waals surface area contributed by atoms with Crippen molar-refractivity contribution < 1.29 is 14.2 Å². The Balaban J connectivity index is 1.38. The minimum atomic E-state index is 0.0515. The summed E-state index contributed by atoms with van der Waals surface area (Å²) in [6.07, 6.45) is 0. The van der Waals surface area contributed by atoms with Crippen LogP contribution < -0.4 is 35.5 Å². The van der Waals surface area contributed by atoms with Crippen molar-refractivity contribution in [1.82, 2.24) is 0 Å². The van der Waals surface area contributed by atoms with Crippen LogP contribution in [0.2, 0.25) is 0 Å². The van der Waals surface area contributed by atoms with Gasteiger partial charge in [-0.25, -0.2) is 0 Å². The predicted octanol–water partition coefficient (Wildman–Crippen LogP) is 6.61. The van der Waals surface area contributed by atoms with Gasteiger partial charge in [0.05, 0.1) is 17.1 Å². The standard InChI is InChI=1S/C32H22BNO3/c1-19-11-13-26-22(15-19)33-23-16-20(2)12-14-27(23)36-31-18-21(17-30(35-26)32(31)33)34-24-7-3-5-9-28(24)37-29-10-6-4-8-25(29)34/h3-18H,1-2H3. The van der Waals surface area contributed by atoms with E-state index in [1.54, 1.807) is 0 Å². The fraction of sp³-hybridized carbons (Fsp3) is 0.0625. The minimum Gasteiger partial charge on any atom is -0.458 e. The molecule has 0 atom stereocenters. The average Bonchev–Trinajstić information content (AvgIpc) is 2.91. The quantitative estimate of drug-likeness (QED) is 0.248. The Morgan fingerprint density at radius 1 is 0.514 bits per heavy atom. The second kappa shape index (κ2) is 7.44. The summed E-state index contributed by atoms with van der Waals surface area (Å²) in [7, 11) is 0. The van der Waals surface area contributed by atoms with Gasteiger partial charge in [0.15, 0.2) is 11.5 Å². The normalized spacial score (nSPS) is 13.7. The number of rotatable bonds is 1. The topological polar surface area (TPSA) is 30.9 Å². The third kappa shape index (κ3) is 2.97. The zero-order valence-corrected chi connectivity index (χ0v) is 20.5. The van der Waals surface area contributed by atoms with Crippen molar-refractivity contribution in [3.63, 3.8) is 0 Å². The highest BCUT2D eigenvalue weighted by Crippen LogP contribution is 2.51. The van der Waals surface area contributed by atoms with Gasteiger partial charge in [-0.1, -0.05) is 59.7 Å². The zero-order valence-electron chi connectivity index (χ0n) is 20.5. The Morgan fingerprint density at radius 3 is 1.54 bits per heavy atom. The van der Waals surface area contributed by atoms with Crippen molar-refractivity contribution in [3.8, 4) is 34.5 Å². The van der Waals surface area contributed by atoms with Crippen LogP contribution in [0.3, 0.4) is 0 Å². The number of benzene rings is 5. The molecule has 8 rings (SSSR count). The van der Waals surface area contributed by atoms with Crippen LogP contribution in [0.25, 0.3) is 0 Å². The molecule has 176 valence electrons. The smallest absolute Gasteiger partial charge is 0.260 e. The molecule has 0 saturated carbocycles. The Morgan fingerprint density at radius 2 is 1.00 bits per heavy atom. The molecule has 0 aromatic heterocycles. The SMILES string of the molecule is Cc1ccc2c(c1)B1c3cc(C)ccc3Oc3cc(N4c5ccccc5Oc5ccccc54)cc(c31)O2. The first-order valence-corrected chi connectivity index (χ1v) is 12.5. The van der Waals surface area contributed by atoms with Crippen LogP contribution >= 0.6 is 0 Å². The molecule has 4 nitrogen and oxygen atoms in total. The van der Waals surface area contributed by atoms with Crippen LogP contribution in [-0.2, 0) is 0 Å². The highest BCUT2D eigenvalue weighted by molar-refractivity contribution is 6.98. The Kier molecular flexibility index (Phi) is 4.13. The van der Waals surface area contributed by atoms with E-state index in [0.717, 1.165) is 57.0 Å². The van der Waals surface area contributed by atoms with E-state index in [4.69, 9.17) is 14.2 Å². The van der Waals surface area contributed by atoms with Gasteiger partial charge in [0, 0.05) is 17.6 Å². The van der Waals surface area contributed by atoms with E-state index in [2.05, 4.69) is 79.4 Å². The van der Waals surface area contributed by atoms with E-state index < -0.39 is 0 Å². The summed E-state index contributed by atoms with van der Waals surface area (Å²) in [5.74, 6) is 5.06. The molecular weight excluding hydrogens is 457 g/mol. The van der Waals surface area contributed by atoms with Crippen molar-refractivity contribution in [3.05, 3.63) is 108 Å². The highest BCUT2D eigenvalue weighted by Gasteiger charge is 2.41. The summed E-state index contributed by atoms with van der Waals surface area (Å²) in [6, 6.07) is 33.4. The number of ether oxygens (including phenoxy) is 3. The fourth-order valence-corrected chi connectivity index (χ4v) is 5.84. The number of hydrogen-bond donors (Lipinski definition) is 0. The predicted molar refractivity (Wildman–Crippen MR) is 148 cm³/mol. The molecule has 0 aliphatic carbocycles. The van der Waals surface area contributed by atoms with Gasteiger partial charge in [0.25, 0.3) is 6.71 Å². The van der Waals surface area contributed by atoms with Crippen molar-refractivity contribution in [2.45, 2.75) is 13.8 Å². The van der Waals surface area contributed by atoms with Gasteiger partial charge in [-0.3, -0.25) is 0 Å². The number of fused-ring (bicyclic) bond motifs is 6. The lowest BCUT2D eigenvalue weighted by Crippen LogP contribution is -2.57. The van der Waals surface area contributed by atoms with E-state index in [9.17, 15) is 0 Å². The van der Waals surface area contributed by atoms with Gasteiger partial charge in [-0.05, 0) is 61.2 Å². The molecular formula is C32H22BNO3. The number of aryl methyl sites for hydroxylation is 2. The molecule has 3 aliphatic rings. The number of anilines is 3. The molecule has 5 heteroatoms. The second-order valence-corrected chi connectivity index (χ2v) is 9.95. The van der Waals surface area contributed by atoms with E-state index in [1.807, 2.05) is 36.4 Å². The van der Waals surface area contributed by atoms with E-state index in [-0.39, 0.29) is 6.71 Å². The summed E-state index contributed by atoms with van der Waals surface area (Å²) < 4.78 is 19.4. The molecule has 0 unspecified atom stereocenters. The van der Waals surface area contributed by atoms with Crippen LogP contribution in [-0.4, -0.2) is 6.71 Å². The Hall–Kier alpha value is -4.64. The number of hydrogen-bond acceptors (Lipinski definition) is 4. The molecule has 3 heterocycles. The highest BCUT2D eigenvalue weighted by atomic mass is 16.5. The molecule has 3 aliphatic heterocycles.